The molecule has 0 heterocycles. The summed E-state index contributed by atoms with van der Waals surface area (Å²) in [5.41, 5.74) is 4.54. The maximum absolute atomic E-state index is 10.8. The molecule has 21 heavy (non-hydrogen) atoms. The first-order valence-electron chi connectivity index (χ1n) is 6.97. The minimum Gasteiger partial charge on any atom is -0.496 e. The second kappa shape index (κ2) is 6.19. The molecule has 2 aromatic carbocycles. The number of aliphatic hydroxyl groups excluding tert-OH is 1. The van der Waals surface area contributed by atoms with E-state index >= 15 is 0 Å². The summed E-state index contributed by atoms with van der Waals surface area (Å²) in [5.74, 6) is 1.53. The Kier molecular flexibility index (Phi) is 4.53. The number of aliphatic hydroxyl groups is 1. The van der Waals surface area contributed by atoms with Crippen LogP contribution in [0.2, 0.25) is 0 Å². The average Bonchev–Trinajstić information content (AvgIpc) is 2.51. The van der Waals surface area contributed by atoms with Gasteiger partial charge < -0.3 is 14.6 Å². The van der Waals surface area contributed by atoms with Gasteiger partial charge in [0.25, 0.3) is 0 Å². The van der Waals surface area contributed by atoms with Crippen LogP contribution in [0, 0.1) is 20.8 Å². The van der Waals surface area contributed by atoms with Crippen LogP contribution in [0.15, 0.2) is 30.3 Å². The van der Waals surface area contributed by atoms with E-state index in [9.17, 15) is 5.11 Å². The molecule has 0 spiro atoms. The van der Waals surface area contributed by atoms with Gasteiger partial charge in [-0.05, 0) is 37.5 Å². The zero-order chi connectivity index (χ0) is 15.6. The minimum atomic E-state index is -0.741. The highest BCUT2D eigenvalue weighted by atomic mass is 16.5. The highest BCUT2D eigenvalue weighted by Gasteiger charge is 2.24. The zero-order valence-electron chi connectivity index (χ0n) is 13.2. The van der Waals surface area contributed by atoms with Crippen molar-refractivity contribution < 1.29 is 14.6 Å². The molecular formula is C18H22O3. The molecular weight excluding hydrogens is 264 g/mol. The molecule has 0 aliphatic heterocycles. The summed E-state index contributed by atoms with van der Waals surface area (Å²) >= 11 is 0. The SMILES string of the molecule is COc1c(C)c(C)c(OC)c(C(O)c2ccccc2)c1C. The Morgan fingerprint density at radius 1 is 0.810 bits per heavy atom. The van der Waals surface area contributed by atoms with Gasteiger partial charge in [-0.15, -0.1) is 0 Å². The van der Waals surface area contributed by atoms with Gasteiger partial charge in [0.05, 0.1) is 14.2 Å². The monoisotopic (exact) mass is 286 g/mol. The molecule has 0 saturated carbocycles. The predicted octanol–water partition coefficient (Wildman–Crippen LogP) is 3.71. The molecule has 1 unspecified atom stereocenters. The van der Waals surface area contributed by atoms with Gasteiger partial charge in [0, 0.05) is 11.1 Å². The molecule has 1 N–H and O–H groups in total. The van der Waals surface area contributed by atoms with Crippen LogP contribution >= 0.6 is 0 Å². The van der Waals surface area contributed by atoms with E-state index in [0.717, 1.165) is 39.3 Å². The second-order valence-corrected chi connectivity index (χ2v) is 5.17. The van der Waals surface area contributed by atoms with Crippen LogP contribution in [-0.2, 0) is 0 Å². The molecule has 2 rings (SSSR count). The van der Waals surface area contributed by atoms with Gasteiger partial charge in [0.1, 0.15) is 17.6 Å². The number of hydrogen-bond donors (Lipinski definition) is 1. The van der Waals surface area contributed by atoms with Crippen LogP contribution in [-0.4, -0.2) is 19.3 Å². The van der Waals surface area contributed by atoms with Gasteiger partial charge in [0.15, 0.2) is 0 Å². The van der Waals surface area contributed by atoms with Crippen LogP contribution < -0.4 is 9.47 Å². The van der Waals surface area contributed by atoms with E-state index in [1.165, 1.54) is 0 Å². The normalized spacial score (nSPS) is 12.1. The van der Waals surface area contributed by atoms with Crippen molar-refractivity contribution in [3.8, 4) is 11.5 Å². The zero-order valence-corrected chi connectivity index (χ0v) is 13.2. The second-order valence-electron chi connectivity index (χ2n) is 5.17. The first kappa shape index (κ1) is 15.4. The molecule has 112 valence electrons. The van der Waals surface area contributed by atoms with Crippen molar-refractivity contribution in [3.63, 3.8) is 0 Å². The smallest absolute Gasteiger partial charge is 0.128 e. The van der Waals surface area contributed by atoms with E-state index in [2.05, 4.69) is 0 Å². The van der Waals surface area contributed by atoms with E-state index in [0.29, 0.717) is 0 Å². The summed E-state index contributed by atoms with van der Waals surface area (Å²) in [7, 11) is 3.29. The molecule has 0 aromatic heterocycles. The van der Waals surface area contributed by atoms with E-state index in [4.69, 9.17) is 9.47 Å². The number of ether oxygens (including phenoxy) is 2. The third-order valence-corrected chi connectivity index (χ3v) is 4.03. The highest BCUT2D eigenvalue weighted by molar-refractivity contribution is 5.60. The molecule has 1 atom stereocenters. The van der Waals surface area contributed by atoms with Crippen molar-refractivity contribution in [3.05, 3.63) is 58.1 Å². The van der Waals surface area contributed by atoms with Gasteiger partial charge in [-0.3, -0.25) is 0 Å². The molecule has 0 saturated heterocycles. The quantitative estimate of drug-likeness (QED) is 0.931. The van der Waals surface area contributed by atoms with Crippen molar-refractivity contribution in [2.45, 2.75) is 26.9 Å². The largest absolute Gasteiger partial charge is 0.496 e. The molecule has 2 aromatic rings. The van der Waals surface area contributed by atoms with Crippen molar-refractivity contribution in [2.75, 3.05) is 14.2 Å². The van der Waals surface area contributed by atoms with Crippen LogP contribution in [0.5, 0.6) is 11.5 Å². The maximum atomic E-state index is 10.8. The van der Waals surface area contributed by atoms with Crippen molar-refractivity contribution in [2.24, 2.45) is 0 Å². The van der Waals surface area contributed by atoms with Crippen molar-refractivity contribution >= 4 is 0 Å². The number of methoxy groups -OCH3 is 2. The third kappa shape index (κ3) is 2.61. The Bertz CT molecular complexity index is 633. The summed E-state index contributed by atoms with van der Waals surface area (Å²) in [6, 6.07) is 9.58. The van der Waals surface area contributed by atoms with Gasteiger partial charge >= 0.3 is 0 Å². The summed E-state index contributed by atoms with van der Waals surface area (Å²) < 4.78 is 11.1. The number of rotatable bonds is 4. The lowest BCUT2D eigenvalue weighted by Crippen LogP contribution is -2.09. The Labute approximate surface area is 126 Å². The topological polar surface area (TPSA) is 38.7 Å². The minimum absolute atomic E-state index is 0.724. The first-order chi connectivity index (χ1) is 10.0. The molecule has 3 heteroatoms. The first-order valence-corrected chi connectivity index (χ1v) is 6.97. The van der Waals surface area contributed by atoms with Gasteiger partial charge in [-0.1, -0.05) is 30.3 Å². The lowest BCUT2D eigenvalue weighted by atomic mass is 9.91. The van der Waals surface area contributed by atoms with Crippen LogP contribution in [0.25, 0.3) is 0 Å². The molecule has 0 bridgehead atoms. The molecule has 0 fully saturated rings. The van der Waals surface area contributed by atoms with E-state index in [1.807, 2.05) is 51.1 Å². The van der Waals surface area contributed by atoms with Gasteiger partial charge in [-0.2, -0.15) is 0 Å². The Morgan fingerprint density at radius 3 is 1.86 bits per heavy atom. The van der Waals surface area contributed by atoms with E-state index in [-0.39, 0.29) is 0 Å². The fourth-order valence-corrected chi connectivity index (χ4v) is 2.82. The predicted molar refractivity (Wildman–Crippen MR) is 84.3 cm³/mol. The maximum Gasteiger partial charge on any atom is 0.128 e. The standard InChI is InChI=1S/C18H22O3/c1-11-12(2)18(21-5)15(13(3)17(11)20-4)16(19)14-9-7-6-8-10-14/h6-10,16,19H,1-5H3. The van der Waals surface area contributed by atoms with Crippen LogP contribution in [0.3, 0.4) is 0 Å². The van der Waals surface area contributed by atoms with Crippen LogP contribution in [0.4, 0.5) is 0 Å². The number of benzene rings is 2. The fourth-order valence-electron chi connectivity index (χ4n) is 2.82. The summed E-state index contributed by atoms with van der Waals surface area (Å²) in [6.07, 6.45) is -0.741. The fraction of sp³-hybridized carbons (Fsp3) is 0.333. The highest BCUT2D eigenvalue weighted by Crippen LogP contribution is 2.42. The summed E-state index contributed by atoms with van der Waals surface area (Å²) in [6.45, 7) is 5.94. The van der Waals surface area contributed by atoms with Gasteiger partial charge in [0.2, 0.25) is 0 Å². The molecule has 0 aliphatic carbocycles. The Hall–Kier alpha value is -2.00. The lowest BCUT2D eigenvalue weighted by Gasteiger charge is -2.23. The van der Waals surface area contributed by atoms with Crippen molar-refractivity contribution in [1.82, 2.24) is 0 Å². The number of hydrogen-bond acceptors (Lipinski definition) is 3. The Morgan fingerprint density at radius 2 is 1.33 bits per heavy atom. The summed E-state index contributed by atoms with van der Waals surface area (Å²) in [4.78, 5) is 0. The van der Waals surface area contributed by atoms with E-state index < -0.39 is 6.10 Å². The lowest BCUT2D eigenvalue weighted by molar-refractivity contribution is 0.213. The van der Waals surface area contributed by atoms with Crippen LogP contribution in [0.1, 0.15) is 33.9 Å². The van der Waals surface area contributed by atoms with E-state index in [1.54, 1.807) is 14.2 Å². The third-order valence-electron chi connectivity index (χ3n) is 4.03. The average molecular weight is 286 g/mol. The van der Waals surface area contributed by atoms with Gasteiger partial charge in [-0.25, -0.2) is 0 Å². The molecule has 0 aliphatic rings. The Balaban J connectivity index is 2.70. The van der Waals surface area contributed by atoms with Crippen molar-refractivity contribution in [1.29, 1.82) is 0 Å². The summed E-state index contributed by atoms with van der Waals surface area (Å²) in [5, 5.41) is 10.8. The molecule has 0 amide bonds. The molecule has 0 radical (unpaired) electrons. The molecule has 3 nitrogen and oxygen atoms in total.